The van der Waals surface area contributed by atoms with Gasteiger partial charge in [0.15, 0.2) is 17.5 Å². The normalized spacial score (nSPS) is 19.2. The molecule has 2 aromatic carbocycles. The van der Waals surface area contributed by atoms with E-state index in [9.17, 15) is 18.0 Å². The Labute approximate surface area is 224 Å². The van der Waals surface area contributed by atoms with E-state index in [-0.39, 0.29) is 23.7 Å². The third-order valence-electron chi connectivity index (χ3n) is 7.27. The van der Waals surface area contributed by atoms with Crippen LogP contribution < -0.4 is 24.4 Å². The Morgan fingerprint density at radius 2 is 1.64 bits per heavy atom. The first kappa shape index (κ1) is 26.5. The molecule has 1 amide bonds. The molecule has 0 bridgehead atoms. The van der Waals surface area contributed by atoms with Crippen molar-refractivity contribution in [1.82, 2.24) is 14.7 Å². The highest BCUT2D eigenvalue weighted by atomic mass is 19.4. The molecule has 1 fully saturated rings. The van der Waals surface area contributed by atoms with E-state index in [1.807, 2.05) is 24.3 Å². The smallest absolute Gasteiger partial charge is 0.410 e. The maximum Gasteiger partial charge on any atom is 0.410 e. The number of para-hydroxylation sites is 2. The van der Waals surface area contributed by atoms with Gasteiger partial charge in [0.2, 0.25) is 0 Å². The summed E-state index contributed by atoms with van der Waals surface area (Å²) in [7, 11) is 4.56. The molecule has 9 nitrogen and oxygen atoms in total. The first-order valence-corrected chi connectivity index (χ1v) is 12.5. The molecule has 1 N–H and O–H groups in total. The minimum Gasteiger partial charge on any atom is -0.495 e. The number of benzene rings is 2. The predicted molar refractivity (Wildman–Crippen MR) is 139 cm³/mol. The van der Waals surface area contributed by atoms with Crippen LogP contribution in [0.25, 0.3) is 0 Å². The fourth-order valence-electron chi connectivity index (χ4n) is 5.22. The number of fused-ring (bicyclic) bond motifs is 1. The molecule has 0 saturated carbocycles. The summed E-state index contributed by atoms with van der Waals surface area (Å²) >= 11 is 0. The molecule has 0 spiro atoms. The Kier molecular flexibility index (Phi) is 7.19. The lowest BCUT2D eigenvalue weighted by molar-refractivity contribution is -0.173. The van der Waals surface area contributed by atoms with Crippen molar-refractivity contribution in [3.63, 3.8) is 0 Å². The van der Waals surface area contributed by atoms with Crippen molar-refractivity contribution in [2.45, 2.75) is 24.7 Å². The van der Waals surface area contributed by atoms with Crippen LogP contribution in [0, 0.1) is 0 Å². The van der Waals surface area contributed by atoms with E-state index < -0.39 is 18.3 Å². The predicted octanol–water partition coefficient (Wildman–Crippen LogP) is 4.53. The number of nitrogens with one attached hydrogen (secondary N) is 1. The van der Waals surface area contributed by atoms with Gasteiger partial charge in [0, 0.05) is 32.6 Å². The Balaban J connectivity index is 1.39. The van der Waals surface area contributed by atoms with Crippen molar-refractivity contribution in [1.29, 1.82) is 0 Å². The maximum atomic E-state index is 14.2. The molecule has 2 aliphatic heterocycles. The summed E-state index contributed by atoms with van der Waals surface area (Å²) in [5.41, 5.74) is 1.63. The average Bonchev–Trinajstić information content (AvgIpc) is 3.39. The van der Waals surface area contributed by atoms with Crippen LogP contribution >= 0.6 is 0 Å². The van der Waals surface area contributed by atoms with Crippen LogP contribution in [0.3, 0.4) is 0 Å². The second kappa shape index (κ2) is 10.6. The van der Waals surface area contributed by atoms with Crippen molar-refractivity contribution in [2.75, 3.05) is 57.7 Å². The second-order valence-corrected chi connectivity index (χ2v) is 9.41. The van der Waals surface area contributed by atoms with E-state index in [1.165, 1.54) is 20.4 Å². The molecule has 1 aromatic heterocycles. The highest BCUT2D eigenvalue weighted by Gasteiger charge is 2.47. The lowest BCUT2D eigenvalue weighted by Gasteiger charge is -2.37. The number of hydrogen-bond donors (Lipinski definition) is 1. The number of rotatable bonds is 6. The fraction of sp³-hybridized carbons (Fsp3) is 0.407. The summed E-state index contributed by atoms with van der Waals surface area (Å²) in [6, 6.07) is 10.0. The van der Waals surface area contributed by atoms with Crippen LogP contribution in [0.1, 0.15) is 34.4 Å². The largest absolute Gasteiger partial charge is 0.495 e. The van der Waals surface area contributed by atoms with Crippen molar-refractivity contribution >= 4 is 17.4 Å². The molecule has 3 aromatic rings. The summed E-state index contributed by atoms with van der Waals surface area (Å²) in [5, 5.41) is 7.16. The summed E-state index contributed by atoms with van der Waals surface area (Å²) < 4.78 is 59.4. The molecule has 0 aliphatic carbocycles. The number of halogens is 3. The molecular weight excluding hydrogens is 515 g/mol. The minimum atomic E-state index is -4.56. The molecule has 2 aliphatic rings. The second-order valence-electron chi connectivity index (χ2n) is 9.41. The summed E-state index contributed by atoms with van der Waals surface area (Å²) in [6.45, 7) is 1.93. The van der Waals surface area contributed by atoms with Crippen molar-refractivity contribution in [2.24, 2.45) is 0 Å². The van der Waals surface area contributed by atoms with Crippen LogP contribution in [0.4, 0.5) is 24.7 Å². The monoisotopic (exact) mass is 545 g/mol. The van der Waals surface area contributed by atoms with Gasteiger partial charge < -0.3 is 29.3 Å². The van der Waals surface area contributed by atoms with Crippen LogP contribution in [-0.4, -0.2) is 74.3 Å². The third kappa shape index (κ3) is 5.02. The molecular formula is C27H30F3N5O4. The topological polar surface area (TPSA) is 81.1 Å². The SMILES string of the molecule is COc1ccc([C@H]2C[C@H](C(F)(F)F)n3ncc(C(=O)N4CCN(c5ccccc5OC)CC4)c3N2)cc1OC. The zero-order valence-electron chi connectivity index (χ0n) is 21.9. The number of amides is 1. The van der Waals surface area contributed by atoms with Crippen molar-refractivity contribution < 1.29 is 32.2 Å². The number of nitrogens with zero attached hydrogens (tertiary/aromatic N) is 4. The molecule has 208 valence electrons. The minimum absolute atomic E-state index is 0.0560. The molecule has 1 saturated heterocycles. The molecule has 3 heterocycles. The molecule has 39 heavy (non-hydrogen) atoms. The first-order chi connectivity index (χ1) is 18.7. The van der Waals surface area contributed by atoms with Gasteiger partial charge in [-0.2, -0.15) is 18.3 Å². The number of methoxy groups -OCH3 is 3. The van der Waals surface area contributed by atoms with Crippen LogP contribution in [0.5, 0.6) is 17.2 Å². The lowest BCUT2D eigenvalue weighted by Crippen LogP contribution is -2.49. The van der Waals surface area contributed by atoms with Gasteiger partial charge in [-0.1, -0.05) is 18.2 Å². The Morgan fingerprint density at radius 1 is 0.949 bits per heavy atom. The molecule has 5 rings (SSSR count). The molecule has 12 heteroatoms. The number of ether oxygens (including phenoxy) is 3. The van der Waals surface area contributed by atoms with E-state index in [0.717, 1.165) is 16.1 Å². The Bertz CT molecular complexity index is 1340. The Hall–Kier alpha value is -4.09. The number of aromatic nitrogens is 2. The number of alkyl halides is 3. The zero-order valence-corrected chi connectivity index (χ0v) is 21.9. The van der Waals surface area contributed by atoms with Gasteiger partial charge in [-0.3, -0.25) is 4.79 Å². The number of anilines is 2. The van der Waals surface area contributed by atoms with E-state index in [0.29, 0.717) is 43.2 Å². The number of piperazine rings is 1. The summed E-state index contributed by atoms with van der Waals surface area (Å²) in [6.07, 6.45) is -3.62. The molecule has 0 unspecified atom stereocenters. The number of hydrogen-bond acceptors (Lipinski definition) is 7. The fourth-order valence-corrected chi connectivity index (χ4v) is 5.22. The highest BCUT2D eigenvalue weighted by Crippen LogP contribution is 2.45. The summed E-state index contributed by atoms with van der Waals surface area (Å²) in [5.74, 6) is 1.31. The van der Waals surface area contributed by atoms with Crippen LogP contribution in [0.2, 0.25) is 0 Å². The van der Waals surface area contributed by atoms with Gasteiger partial charge >= 0.3 is 6.18 Å². The van der Waals surface area contributed by atoms with E-state index in [4.69, 9.17) is 14.2 Å². The standard InChI is InChI=1S/C27H30F3N5O4/c1-37-21-7-5-4-6-20(21)33-10-12-34(13-11-33)26(36)18-16-31-35-24(27(28,29)30)15-19(32-25(18)35)17-8-9-22(38-2)23(14-17)39-3/h4-9,14,16,19,24,32H,10-13,15H2,1-3H3/t19-,24-/m1/s1. The number of carbonyl (C=O) groups excluding carboxylic acids is 1. The average molecular weight is 546 g/mol. The summed E-state index contributed by atoms with van der Waals surface area (Å²) in [4.78, 5) is 17.3. The molecule has 0 radical (unpaired) electrons. The van der Waals surface area contributed by atoms with Crippen molar-refractivity contribution in [3.8, 4) is 17.2 Å². The van der Waals surface area contributed by atoms with Gasteiger partial charge in [0.05, 0.1) is 39.3 Å². The van der Waals surface area contributed by atoms with E-state index >= 15 is 0 Å². The van der Waals surface area contributed by atoms with Gasteiger partial charge in [0.25, 0.3) is 5.91 Å². The van der Waals surface area contributed by atoms with Gasteiger partial charge in [-0.15, -0.1) is 0 Å². The maximum absolute atomic E-state index is 14.2. The van der Waals surface area contributed by atoms with Gasteiger partial charge in [-0.05, 0) is 29.8 Å². The van der Waals surface area contributed by atoms with Crippen LogP contribution in [0.15, 0.2) is 48.7 Å². The van der Waals surface area contributed by atoms with E-state index in [2.05, 4.69) is 15.3 Å². The highest BCUT2D eigenvalue weighted by molar-refractivity contribution is 5.99. The number of carbonyl (C=O) groups is 1. The van der Waals surface area contributed by atoms with Gasteiger partial charge in [0.1, 0.15) is 17.1 Å². The van der Waals surface area contributed by atoms with Gasteiger partial charge in [-0.25, -0.2) is 4.68 Å². The Morgan fingerprint density at radius 3 is 2.31 bits per heavy atom. The van der Waals surface area contributed by atoms with Crippen LogP contribution in [-0.2, 0) is 0 Å². The quantitative estimate of drug-likeness (QED) is 0.488. The zero-order chi connectivity index (χ0) is 27.7. The molecule has 2 atom stereocenters. The van der Waals surface area contributed by atoms with E-state index in [1.54, 1.807) is 30.2 Å². The first-order valence-electron chi connectivity index (χ1n) is 12.5. The third-order valence-corrected chi connectivity index (χ3v) is 7.27. The lowest BCUT2D eigenvalue weighted by atomic mass is 9.96. The van der Waals surface area contributed by atoms with Crippen molar-refractivity contribution in [3.05, 3.63) is 59.8 Å².